The number of phenolic OH excluding ortho intramolecular Hbond substituents is 2. The first kappa shape index (κ1) is 20.3. The minimum Gasteiger partial charge on any atom is -0.504 e. The normalized spacial score (nSPS) is 12.0. The highest BCUT2D eigenvalue weighted by Gasteiger charge is 2.24. The van der Waals surface area contributed by atoms with Crippen molar-refractivity contribution in [2.24, 2.45) is 0 Å². The maximum absolute atomic E-state index is 10.7. The van der Waals surface area contributed by atoms with Gasteiger partial charge in [0.2, 0.25) is 0 Å². The van der Waals surface area contributed by atoms with E-state index in [1.165, 1.54) is 6.07 Å². The van der Waals surface area contributed by atoms with Gasteiger partial charge in [0.15, 0.2) is 23.0 Å². The first-order valence-corrected chi connectivity index (χ1v) is 9.73. The van der Waals surface area contributed by atoms with E-state index in [0.29, 0.717) is 48.1 Å². The topological polar surface area (TPSA) is 83.8 Å². The molecule has 29 heavy (non-hydrogen) atoms. The summed E-state index contributed by atoms with van der Waals surface area (Å²) in [6.45, 7) is 7.31. The van der Waals surface area contributed by atoms with Crippen LogP contribution < -0.4 is 14.8 Å². The number of rotatable bonds is 4. The standard InChI is InChI=1S/C21H20N2O4.C2H6/c1-13-5-8-17-21(27-11-10-26-17)18(13)19-15(6-7-16(24)20(19)25)23-12-14-4-2-3-9-22-14;1-2/h2-9,23-25H,10-12H2,1H3;1-2H3. The Bertz CT molecular complexity index is 974. The Balaban J connectivity index is 0.00000117. The van der Waals surface area contributed by atoms with Crippen molar-refractivity contribution in [3.05, 3.63) is 59.9 Å². The zero-order valence-electron chi connectivity index (χ0n) is 16.9. The summed E-state index contributed by atoms with van der Waals surface area (Å²) in [5.74, 6) is 0.803. The van der Waals surface area contributed by atoms with Gasteiger partial charge in [-0.15, -0.1) is 0 Å². The Hall–Kier alpha value is -3.41. The van der Waals surface area contributed by atoms with Crippen LogP contribution in [0.1, 0.15) is 25.1 Å². The molecule has 1 aliphatic rings. The third kappa shape index (κ3) is 4.21. The molecule has 2 aromatic carbocycles. The summed E-state index contributed by atoms with van der Waals surface area (Å²) < 4.78 is 11.5. The number of aromatic hydroxyl groups is 2. The molecule has 3 N–H and O–H groups in total. The molecule has 3 aromatic rings. The van der Waals surface area contributed by atoms with Crippen molar-refractivity contribution in [3.8, 4) is 34.1 Å². The molecule has 0 fully saturated rings. The van der Waals surface area contributed by atoms with Gasteiger partial charge in [-0.2, -0.15) is 0 Å². The van der Waals surface area contributed by atoms with Gasteiger partial charge in [-0.3, -0.25) is 4.98 Å². The van der Waals surface area contributed by atoms with Crippen LogP contribution >= 0.6 is 0 Å². The number of hydrogen-bond donors (Lipinski definition) is 3. The van der Waals surface area contributed by atoms with Crippen LogP contribution in [0.3, 0.4) is 0 Å². The van der Waals surface area contributed by atoms with Crippen molar-refractivity contribution in [1.29, 1.82) is 0 Å². The van der Waals surface area contributed by atoms with Gasteiger partial charge in [0, 0.05) is 17.4 Å². The summed E-state index contributed by atoms with van der Waals surface area (Å²) in [6.07, 6.45) is 1.73. The van der Waals surface area contributed by atoms with E-state index in [-0.39, 0.29) is 11.5 Å². The van der Waals surface area contributed by atoms with Crippen molar-refractivity contribution in [1.82, 2.24) is 4.98 Å². The summed E-state index contributed by atoms with van der Waals surface area (Å²) in [4.78, 5) is 4.30. The minimum absolute atomic E-state index is 0.192. The highest BCUT2D eigenvalue weighted by molar-refractivity contribution is 5.91. The fourth-order valence-corrected chi connectivity index (χ4v) is 3.19. The van der Waals surface area contributed by atoms with Gasteiger partial charge < -0.3 is 25.0 Å². The molecular formula is C23H26N2O4. The number of phenols is 2. The Morgan fingerprint density at radius 3 is 2.52 bits per heavy atom. The largest absolute Gasteiger partial charge is 0.504 e. The molecule has 0 saturated carbocycles. The number of fused-ring (bicyclic) bond motifs is 1. The zero-order chi connectivity index (χ0) is 20.8. The molecule has 2 heterocycles. The van der Waals surface area contributed by atoms with E-state index in [0.717, 1.165) is 11.3 Å². The summed E-state index contributed by atoms with van der Waals surface area (Å²) in [5, 5.41) is 24.1. The molecule has 0 saturated heterocycles. The number of benzene rings is 2. The molecule has 0 spiro atoms. The van der Waals surface area contributed by atoms with Crippen LogP contribution in [0.4, 0.5) is 5.69 Å². The monoisotopic (exact) mass is 394 g/mol. The first-order chi connectivity index (χ1) is 14.1. The quantitative estimate of drug-likeness (QED) is 0.432. The maximum atomic E-state index is 10.7. The van der Waals surface area contributed by atoms with E-state index >= 15 is 0 Å². The molecular weight excluding hydrogens is 368 g/mol. The molecule has 0 unspecified atom stereocenters. The van der Waals surface area contributed by atoms with Crippen LogP contribution in [0.5, 0.6) is 23.0 Å². The molecule has 6 nitrogen and oxygen atoms in total. The second-order valence-corrected chi connectivity index (χ2v) is 6.31. The van der Waals surface area contributed by atoms with Crippen molar-refractivity contribution >= 4 is 5.69 Å². The predicted molar refractivity (Wildman–Crippen MR) is 114 cm³/mol. The van der Waals surface area contributed by atoms with E-state index < -0.39 is 0 Å². The fraction of sp³-hybridized carbons (Fsp3) is 0.261. The number of nitrogens with one attached hydrogen (secondary N) is 1. The third-order valence-electron chi connectivity index (χ3n) is 4.51. The van der Waals surface area contributed by atoms with Crippen LogP contribution in [0.15, 0.2) is 48.7 Å². The Kier molecular flexibility index (Phi) is 6.44. The zero-order valence-corrected chi connectivity index (χ0v) is 16.9. The predicted octanol–water partition coefficient (Wildman–Crippen LogP) is 4.88. The van der Waals surface area contributed by atoms with E-state index in [9.17, 15) is 10.2 Å². The second-order valence-electron chi connectivity index (χ2n) is 6.31. The van der Waals surface area contributed by atoms with Crippen LogP contribution in [0, 0.1) is 6.92 Å². The summed E-state index contributed by atoms with van der Waals surface area (Å²) in [5.41, 5.74) is 3.61. The number of ether oxygens (including phenoxy) is 2. The molecule has 1 aromatic heterocycles. The summed E-state index contributed by atoms with van der Waals surface area (Å²) in [7, 11) is 0. The van der Waals surface area contributed by atoms with Gasteiger partial charge in [-0.1, -0.05) is 26.0 Å². The number of hydrogen-bond acceptors (Lipinski definition) is 6. The number of aromatic nitrogens is 1. The molecule has 0 radical (unpaired) electrons. The van der Waals surface area contributed by atoms with Crippen molar-refractivity contribution in [2.45, 2.75) is 27.3 Å². The van der Waals surface area contributed by atoms with Gasteiger partial charge in [-0.25, -0.2) is 0 Å². The molecule has 152 valence electrons. The highest BCUT2D eigenvalue weighted by Crippen LogP contribution is 2.50. The molecule has 0 amide bonds. The van der Waals surface area contributed by atoms with Crippen LogP contribution in [0.2, 0.25) is 0 Å². The maximum Gasteiger partial charge on any atom is 0.169 e. The highest BCUT2D eigenvalue weighted by atomic mass is 16.6. The molecule has 4 rings (SSSR count). The average Bonchev–Trinajstić information content (AvgIpc) is 2.77. The minimum atomic E-state index is -0.202. The number of nitrogens with zero attached hydrogens (tertiary/aromatic N) is 1. The van der Waals surface area contributed by atoms with Gasteiger partial charge >= 0.3 is 0 Å². The van der Waals surface area contributed by atoms with E-state index in [2.05, 4.69) is 10.3 Å². The molecule has 0 atom stereocenters. The van der Waals surface area contributed by atoms with Gasteiger partial charge in [0.05, 0.1) is 17.8 Å². The lowest BCUT2D eigenvalue weighted by Gasteiger charge is -2.24. The van der Waals surface area contributed by atoms with E-state index in [1.54, 1.807) is 12.3 Å². The lowest BCUT2D eigenvalue weighted by molar-refractivity contribution is 0.172. The molecule has 6 heteroatoms. The Morgan fingerprint density at radius 2 is 1.76 bits per heavy atom. The number of pyridine rings is 1. The molecule has 0 aliphatic carbocycles. The lowest BCUT2D eigenvalue weighted by atomic mass is 9.95. The van der Waals surface area contributed by atoms with Crippen LogP contribution in [0.25, 0.3) is 11.1 Å². The fourth-order valence-electron chi connectivity index (χ4n) is 3.19. The molecule has 1 aliphatic heterocycles. The Morgan fingerprint density at radius 1 is 0.966 bits per heavy atom. The van der Waals surface area contributed by atoms with Crippen LogP contribution in [-0.4, -0.2) is 28.4 Å². The summed E-state index contributed by atoms with van der Waals surface area (Å²) >= 11 is 0. The van der Waals surface area contributed by atoms with Crippen molar-refractivity contribution in [2.75, 3.05) is 18.5 Å². The lowest BCUT2D eigenvalue weighted by Crippen LogP contribution is -2.16. The SMILES string of the molecule is CC.Cc1ccc2c(c1-c1c(NCc3ccccn3)ccc(O)c1O)OCCO2. The third-order valence-corrected chi connectivity index (χ3v) is 4.51. The van der Waals surface area contributed by atoms with E-state index in [1.807, 2.05) is 51.1 Å². The van der Waals surface area contributed by atoms with Crippen LogP contribution in [-0.2, 0) is 6.54 Å². The number of aryl methyl sites for hydroxylation is 1. The first-order valence-electron chi connectivity index (χ1n) is 9.73. The smallest absolute Gasteiger partial charge is 0.169 e. The summed E-state index contributed by atoms with van der Waals surface area (Å²) in [6, 6.07) is 12.7. The Labute approximate surface area is 170 Å². The van der Waals surface area contributed by atoms with Crippen molar-refractivity contribution < 1.29 is 19.7 Å². The van der Waals surface area contributed by atoms with Crippen molar-refractivity contribution in [3.63, 3.8) is 0 Å². The van der Waals surface area contributed by atoms with E-state index in [4.69, 9.17) is 9.47 Å². The van der Waals surface area contributed by atoms with Gasteiger partial charge in [-0.05, 0) is 42.8 Å². The van der Waals surface area contributed by atoms with Gasteiger partial charge in [0.1, 0.15) is 13.2 Å². The number of anilines is 1. The van der Waals surface area contributed by atoms with Gasteiger partial charge in [0.25, 0.3) is 0 Å². The second kappa shape index (κ2) is 9.19. The molecule has 0 bridgehead atoms. The average molecular weight is 394 g/mol.